The minimum absolute atomic E-state index is 0.0450. The molecule has 0 aliphatic rings. The lowest BCUT2D eigenvalue weighted by atomic mass is 10.1. The standard InChI is InChI=1S/C14H13BrO5/c1-3-19-14(18)12(15)13(17)11-6-8-7(2)9(16)4-5-10(8)20-11/h4-6,12,16H,3H2,1-2H3. The van der Waals surface area contributed by atoms with Crippen LogP contribution in [-0.4, -0.2) is 28.3 Å². The van der Waals surface area contributed by atoms with Crippen molar-refractivity contribution in [3.63, 3.8) is 0 Å². The number of rotatable bonds is 4. The number of carbonyl (C=O) groups excluding carboxylic acids is 2. The number of ether oxygens (including phenoxy) is 1. The van der Waals surface area contributed by atoms with Crippen LogP contribution in [0.4, 0.5) is 0 Å². The van der Waals surface area contributed by atoms with Crippen LogP contribution in [0.25, 0.3) is 11.0 Å². The molecule has 0 fully saturated rings. The summed E-state index contributed by atoms with van der Waals surface area (Å²) in [4.78, 5) is 22.5. The number of alkyl halides is 1. The van der Waals surface area contributed by atoms with E-state index in [1.165, 1.54) is 12.1 Å². The van der Waals surface area contributed by atoms with Crippen molar-refractivity contribution in [1.82, 2.24) is 0 Å². The Morgan fingerprint density at radius 2 is 2.15 bits per heavy atom. The fraction of sp³-hybridized carbons (Fsp3) is 0.286. The molecule has 5 nitrogen and oxygen atoms in total. The van der Waals surface area contributed by atoms with E-state index in [2.05, 4.69) is 15.9 Å². The van der Waals surface area contributed by atoms with Gasteiger partial charge in [-0.2, -0.15) is 0 Å². The van der Waals surface area contributed by atoms with Crippen LogP contribution >= 0.6 is 15.9 Å². The second-order valence-corrected chi connectivity index (χ2v) is 5.13. The summed E-state index contributed by atoms with van der Waals surface area (Å²) in [6, 6.07) is 4.58. The third kappa shape index (κ3) is 2.56. The highest BCUT2D eigenvalue weighted by molar-refractivity contribution is 9.10. The molecule has 1 aromatic heterocycles. The quantitative estimate of drug-likeness (QED) is 0.400. The fourth-order valence-corrected chi connectivity index (χ4v) is 2.17. The lowest BCUT2D eigenvalue weighted by Gasteiger charge is -2.05. The summed E-state index contributed by atoms with van der Waals surface area (Å²) in [6.07, 6.45) is 0. The molecular weight excluding hydrogens is 328 g/mol. The van der Waals surface area contributed by atoms with Crippen LogP contribution in [-0.2, 0) is 9.53 Å². The number of aromatic hydroxyl groups is 1. The smallest absolute Gasteiger partial charge is 0.327 e. The first kappa shape index (κ1) is 14.6. The van der Waals surface area contributed by atoms with Crippen molar-refractivity contribution in [2.75, 3.05) is 6.61 Å². The summed E-state index contributed by atoms with van der Waals surface area (Å²) in [7, 11) is 0. The van der Waals surface area contributed by atoms with Gasteiger partial charge in [0.05, 0.1) is 6.61 Å². The van der Waals surface area contributed by atoms with Gasteiger partial charge in [0.15, 0.2) is 10.6 Å². The van der Waals surface area contributed by atoms with Crippen LogP contribution < -0.4 is 0 Å². The molecule has 0 amide bonds. The van der Waals surface area contributed by atoms with E-state index in [1.807, 2.05) is 0 Å². The molecule has 0 bridgehead atoms. The number of phenols is 1. The van der Waals surface area contributed by atoms with Crippen molar-refractivity contribution in [3.05, 3.63) is 29.5 Å². The van der Waals surface area contributed by atoms with Gasteiger partial charge in [0.25, 0.3) is 0 Å². The van der Waals surface area contributed by atoms with Crippen molar-refractivity contribution in [3.8, 4) is 5.75 Å². The molecule has 0 aliphatic heterocycles. The summed E-state index contributed by atoms with van der Waals surface area (Å²) in [5.41, 5.74) is 1.10. The molecule has 0 radical (unpaired) electrons. The number of furan rings is 1. The Kier molecular flexibility index (Phi) is 4.13. The van der Waals surface area contributed by atoms with Crippen molar-refractivity contribution in [1.29, 1.82) is 0 Å². The molecule has 1 aromatic carbocycles. The van der Waals surface area contributed by atoms with Gasteiger partial charge < -0.3 is 14.3 Å². The molecule has 0 spiro atoms. The van der Waals surface area contributed by atoms with Crippen molar-refractivity contribution in [2.45, 2.75) is 18.7 Å². The number of fused-ring (bicyclic) bond motifs is 1. The molecule has 1 heterocycles. The number of hydrogen-bond donors (Lipinski definition) is 1. The maximum atomic E-state index is 12.1. The minimum Gasteiger partial charge on any atom is -0.508 e. The zero-order valence-electron chi connectivity index (χ0n) is 11.0. The average Bonchev–Trinajstić information content (AvgIpc) is 2.86. The molecule has 0 aliphatic carbocycles. The largest absolute Gasteiger partial charge is 0.508 e. The number of Topliss-reactive ketones (excluding diaryl/α,β-unsaturated/α-hetero) is 1. The summed E-state index contributed by atoms with van der Waals surface area (Å²) < 4.78 is 10.2. The number of phenolic OH excluding ortho intramolecular Hbond substituents is 1. The van der Waals surface area contributed by atoms with Gasteiger partial charge in [0.2, 0.25) is 5.78 Å². The van der Waals surface area contributed by atoms with Gasteiger partial charge >= 0.3 is 5.97 Å². The first-order valence-electron chi connectivity index (χ1n) is 6.02. The highest BCUT2D eigenvalue weighted by atomic mass is 79.9. The van der Waals surface area contributed by atoms with E-state index in [9.17, 15) is 14.7 Å². The van der Waals surface area contributed by atoms with Crippen molar-refractivity contribution < 1.29 is 23.8 Å². The van der Waals surface area contributed by atoms with Crippen LogP contribution in [0.15, 0.2) is 22.6 Å². The van der Waals surface area contributed by atoms with Gasteiger partial charge in [0.1, 0.15) is 11.3 Å². The van der Waals surface area contributed by atoms with Gasteiger partial charge in [-0.25, -0.2) is 0 Å². The topological polar surface area (TPSA) is 76.7 Å². The summed E-state index contributed by atoms with van der Waals surface area (Å²) in [5.74, 6) is -1.00. The summed E-state index contributed by atoms with van der Waals surface area (Å²) in [5, 5.41) is 10.3. The molecule has 1 N–H and O–H groups in total. The molecule has 106 valence electrons. The molecule has 0 saturated heterocycles. The third-order valence-electron chi connectivity index (χ3n) is 2.91. The van der Waals surface area contributed by atoms with E-state index in [0.29, 0.717) is 16.5 Å². The summed E-state index contributed by atoms with van der Waals surface area (Å²) >= 11 is 3.00. The molecule has 20 heavy (non-hydrogen) atoms. The molecule has 2 aromatic rings. The molecular formula is C14H13BrO5. The first-order chi connectivity index (χ1) is 9.45. The first-order valence-corrected chi connectivity index (χ1v) is 6.94. The highest BCUT2D eigenvalue weighted by Gasteiger charge is 2.28. The number of aryl methyl sites for hydroxylation is 1. The number of ketones is 1. The van der Waals surface area contributed by atoms with Crippen molar-refractivity contribution in [2.24, 2.45) is 0 Å². The maximum Gasteiger partial charge on any atom is 0.327 e. The summed E-state index contributed by atoms with van der Waals surface area (Å²) in [6.45, 7) is 3.58. The van der Waals surface area contributed by atoms with E-state index in [4.69, 9.17) is 9.15 Å². The van der Waals surface area contributed by atoms with Gasteiger partial charge in [-0.05, 0) is 32.0 Å². The van der Waals surface area contributed by atoms with Crippen LogP contribution in [0.3, 0.4) is 0 Å². The van der Waals surface area contributed by atoms with E-state index in [-0.39, 0.29) is 18.1 Å². The fourth-order valence-electron chi connectivity index (χ4n) is 1.81. The zero-order chi connectivity index (χ0) is 14.9. The second-order valence-electron chi connectivity index (χ2n) is 4.21. The van der Waals surface area contributed by atoms with Gasteiger partial charge in [-0.15, -0.1) is 0 Å². The lowest BCUT2D eigenvalue weighted by molar-refractivity contribution is -0.141. The predicted molar refractivity (Wildman–Crippen MR) is 76.3 cm³/mol. The third-order valence-corrected chi connectivity index (χ3v) is 3.70. The minimum atomic E-state index is -1.10. The Morgan fingerprint density at radius 1 is 1.45 bits per heavy atom. The van der Waals surface area contributed by atoms with Gasteiger partial charge in [0, 0.05) is 10.9 Å². The van der Waals surface area contributed by atoms with E-state index < -0.39 is 16.6 Å². The molecule has 0 saturated carbocycles. The number of carbonyl (C=O) groups is 2. The average molecular weight is 341 g/mol. The van der Waals surface area contributed by atoms with Crippen LogP contribution in [0.2, 0.25) is 0 Å². The zero-order valence-corrected chi connectivity index (χ0v) is 12.6. The van der Waals surface area contributed by atoms with Crippen molar-refractivity contribution >= 4 is 38.7 Å². The number of halogens is 1. The molecule has 1 unspecified atom stereocenters. The Morgan fingerprint density at radius 3 is 2.80 bits per heavy atom. The molecule has 2 rings (SSSR count). The van der Waals surface area contributed by atoms with E-state index in [0.717, 1.165) is 0 Å². The second kappa shape index (κ2) is 5.66. The Bertz CT molecular complexity index is 673. The molecule has 1 atom stereocenters. The van der Waals surface area contributed by atoms with E-state index >= 15 is 0 Å². The highest BCUT2D eigenvalue weighted by Crippen LogP contribution is 2.29. The van der Waals surface area contributed by atoms with Crippen LogP contribution in [0, 0.1) is 6.92 Å². The SMILES string of the molecule is CCOC(=O)C(Br)C(=O)c1cc2c(C)c(O)ccc2o1. The number of benzene rings is 1. The Balaban J connectivity index is 2.36. The van der Waals surface area contributed by atoms with E-state index in [1.54, 1.807) is 19.9 Å². The monoisotopic (exact) mass is 340 g/mol. The van der Waals surface area contributed by atoms with Crippen LogP contribution in [0.5, 0.6) is 5.75 Å². The lowest BCUT2D eigenvalue weighted by Crippen LogP contribution is -2.26. The number of hydrogen-bond acceptors (Lipinski definition) is 5. The Labute approximate surface area is 123 Å². The van der Waals surface area contributed by atoms with Crippen LogP contribution in [0.1, 0.15) is 23.0 Å². The normalized spacial score (nSPS) is 12.3. The van der Waals surface area contributed by atoms with Gasteiger partial charge in [-0.3, -0.25) is 9.59 Å². The Hall–Kier alpha value is -1.82. The van der Waals surface area contributed by atoms with Gasteiger partial charge in [-0.1, -0.05) is 15.9 Å². The molecule has 6 heteroatoms. The number of esters is 1. The maximum absolute atomic E-state index is 12.1. The predicted octanol–water partition coefficient (Wildman–Crippen LogP) is 2.96.